The predicted octanol–water partition coefficient (Wildman–Crippen LogP) is 6.11. The summed E-state index contributed by atoms with van der Waals surface area (Å²) in [5.74, 6) is 2.42. The molecule has 0 aliphatic heterocycles. The van der Waals surface area contributed by atoms with Gasteiger partial charge in [-0.3, -0.25) is 0 Å². The number of rotatable bonds is 16. The zero-order valence-corrected chi connectivity index (χ0v) is 23.5. The third kappa shape index (κ3) is 9.81. The van der Waals surface area contributed by atoms with Gasteiger partial charge in [-0.2, -0.15) is 0 Å². The molecule has 0 saturated heterocycles. The van der Waals surface area contributed by atoms with Crippen LogP contribution >= 0.6 is 0 Å². The second-order valence-electron chi connectivity index (χ2n) is 10.8. The number of benzene rings is 2. The molecule has 204 valence electrons. The van der Waals surface area contributed by atoms with Gasteiger partial charge in [0, 0.05) is 19.7 Å². The number of allylic oxidation sites excluding steroid dienone is 1. The van der Waals surface area contributed by atoms with E-state index < -0.39 is 0 Å². The van der Waals surface area contributed by atoms with Crippen LogP contribution in [0.25, 0.3) is 5.57 Å². The first kappa shape index (κ1) is 29.2. The second-order valence-corrected chi connectivity index (χ2v) is 10.8. The molecule has 1 aliphatic rings. The molecule has 0 bridgehead atoms. The van der Waals surface area contributed by atoms with E-state index in [1.165, 1.54) is 48.0 Å². The van der Waals surface area contributed by atoms with E-state index in [0.717, 1.165) is 63.5 Å². The van der Waals surface area contributed by atoms with E-state index in [-0.39, 0.29) is 6.61 Å². The summed E-state index contributed by atoms with van der Waals surface area (Å²) in [5, 5.41) is 9.67. The Bertz CT molecular complexity index is 868. The lowest BCUT2D eigenvalue weighted by Crippen LogP contribution is -2.15. The van der Waals surface area contributed by atoms with Crippen LogP contribution in [-0.4, -0.2) is 76.0 Å². The SMILES string of the molecule is CN(C)CCCOc1ccc(C(=C(CCCO)C2CCCC2)c2ccc(OCCCN(C)C)cc2)cc1. The number of hydrogen-bond donors (Lipinski definition) is 1. The lowest BCUT2D eigenvalue weighted by atomic mass is 9.83. The molecule has 0 amide bonds. The van der Waals surface area contributed by atoms with Gasteiger partial charge in [-0.1, -0.05) is 42.7 Å². The number of aliphatic hydroxyl groups excluding tert-OH is 1. The molecule has 0 atom stereocenters. The topological polar surface area (TPSA) is 45.2 Å². The second kappa shape index (κ2) is 15.8. The summed E-state index contributed by atoms with van der Waals surface area (Å²) in [6.07, 6.45) is 8.82. The molecule has 5 heteroatoms. The van der Waals surface area contributed by atoms with Gasteiger partial charge in [0.15, 0.2) is 0 Å². The number of hydrogen-bond acceptors (Lipinski definition) is 5. The molecule has 0 heterocycles. The summed E-state index contributed by atoms with van der Waals surface area (Å²) in [4.78, 5) is 4.36. The molecule has 0 unspecified atom stereocenters. The van der Waals surface area contributed by atoms with Gasteiger partial charge in [0.2, 0.25) is 0 Å². The largest absolute Gasteiger partial charge is 0.494 e. The molecule has 2 aromatic rings. The van der Waals surface area contributed by atoms with E-state index in [1.54, 1.807) is 0 Å². The fourth-order valence-corrected chi connectivity index (χ4v) is 5.19. The van der Waals surface area contributed by atoms with Crippen molar-refractivity contribution in [2.24, 2.45) is 5.92 Å². The van der Waals surface area contributed by atoms with Crippen LogP contribution in [-0.2, 0) is 0 Å². The lowest BCUT2D eigenvalue weighted by Gasteiger charge is -2.22. The highest BCUT2D eigenvalue weighted by molar-refractivity contribution is 5.83. The minimum absolute atomic E-state index is 0.225. The number of ether oxygens (including phenoxy) is 2. The Morgan fingerprint density at radius 2 is 1.19 bits per heavy atom. The van der Waals surface area contributed by atoms with Gasteiger partial charge >= 0.3 is 0 Å². The van der Waals surface area contributed by atoms with E-state index in [1.807, 2.05) is 0 Å². The average molecular weight is 509 g/mol. The van der Waals surface area contributed by atoms with E-state index >= 15 is 0 Å². The molecule has 0 spiro atoms. The van der Waals surface area contributed by atoms with Crippen molar-refractivity contribution in [2.75, 3.05) is 61.1 Å². The molecule has 5 nitrogen and oxygen atoms in total. The van der Waals surface area contributed by atoms with Crippen molar-refractivity contribution >= 4 is 5.57 Å². The highest BCUT2D eigenvalue weighted by Crippen LogP contribution is 2.41. The third-order valence-corrected chi connectivity index (χ3v) is 7.10. The fourth-order valence-electron chi connectivity index (χ4n) is 5.19. The van der Waals surface area contributed by atoms with E-state index in [2.05, 4.69) is 86.5 Å². The van der Waals surface area contributed by atoms with Crippen LogP contribution in [0.1, 0.15) is 62.5 Å². The molecular formula is C32H48N2O3. The Hall–Kier alpha value is -2.34. The maximum atomic E-state index is 9.67. The quantitative estimate of drug-likeness (QED) is 0.277. The Morgan fingerprint density at radius 3 is 1.59 bits per heavy atom. The van der Waals surface area contributed by atoms with Crippen molar-refractivity contribution in [3.05, 3.63) is 65.2 Å². The van der Waals surface area contributed by atoms with Crippen molar-refractivity contribution in [1.82, 2.24) is 9.80 Å². The zero-order valence-electron chi connectivity index (χ0n) is 23.5. The van der Waals surface area contributed by atoms with Gasteiger partial charge in [-0.25, -0.2) is 0 Å². The van der Waals surface area contributed by atoms with E-state index in [0.29, 0.717) is 5.92 Å². The van der Waals surface area contributed by atoms with Gasteiger partial charge in [0.1, 0.15) is 11.5 Å². The van der Waals surface area contributed by atoms with Crippen LogP contribution in [0.2, 0.25) is 0 Å². The van der Waals surface area contributed by atoms with Crippen molar-refractivity contribution in [3.8, 4) is 11.5 Å². The highest BCUT2D eigenvalue weighted by Gasteiger charge is 2.24. The summed E-state index contributed by atoms with van der Waals surface area (Å²) in [6, 6.07) is 17.2. The number of aliphatic hydroxyl groups is 1. The zero-order chi connectivity index (χ0) is 26.5. The van der Waals surface area contributed by atoms with Crippen LogP contribution in [0.15, 0.2) is 54.1 Å². The summed E-state index contributed by atoms with van der Waals surface area (Å²) in [5.41, 5.74) is 5.25. The minimum Gasteiger partial charge on any atom is -0.494 e. The Balaban J connectivity index is 1.84. The fraction of sp³-hybridized carbons (Fsp3) is 0.562. The lowest BCUT2D eigenvalue weighted by molar-refractivity contribution is 0.281. The highest BCUT2D eigenvalue weighted by atomic mass is 16.5. The minimum atomic E-state index is 0.225. The normalized spacial score (nSPS) is 13.9. The maximum absolute atomic E-state index is 9.67. The molecule has 1 N–H and O–H groups in total. The smallest absolute Gasteiger partial charge is 0.119 e. The van der Waals surface area contributed by atoms with Crippen LogP contribution in [0.5, 0.6) is 11.5 Å². The van der Waals surface area contributed by atoms with Crippen LogP contribution < -0.4 is 9.47 Å². The van der Waals surface area contributed by atoms with Crippen LogP contribution in [0.3, 0.4) is 0 Å². The molecular weight excluding hydrogens is 460 g/mol. The van der Waals surface area contributed by atoms with Gasteiger partial charge in [-0.15, -0.1) is 0 Å². The first-order valence-electron chi connectivity index (χ1n) is 14.1. The first-order valence-corrected chi connectivity index (χ1v) is 14.1. The maximum Gasteiger partial charge on any atom is 0.119 e. The monoisotopic (exact) mass is 508 g/mol. The molecule has 37 heavy (non-hydrogen) atoms. The molecule has 1 aliphatic carbocycles. The molecule has 1 fully saturated rings. The van der Waals surface area contributed by atoms with Crippen molar-refractivity contribution < 1.29 is 14.6 Å². The van der Waals surface area contributed by atoms with Gasteiger partial charge < -0.3 is 24.4 Å². The molecule has 0 radical (unpaired) electrons. The Morgan fingerprint density at radius 1 is 0.730 bits per heavy atom. The number of nitrogens with zero attached hydrogens (tertiary/aromatic N) is 2. The summed E-state index contributed by atoms with van der Waals surface area (Å²) in [7, 11) is 8.35. The van der Waals surface area contributed by atoms with E-state index in [9.17, 15) is 5.11 Å². The Kier molecular flexibility index (Phi) is 12.5. The summed E-state index contributed by atoms with van der Waals surface area (Å²) in [6.45, 7) is 3.72. The standard InChI is InChI=1S/C32H48N2O3/c1-33(2)21-8-24-36-29-17-13-27(14-18-29)32(31(12-7-23-35)26-10-5-6-11-26)28-15-19-30(20-16-28)37-25-9-22-34(3)4/h13-20,26,35H,5-12,21-25H2,1-4H3. The Labute approximate surface area is 225 Å². The average Bonchev–Trinajstić information content (AvgIpc) is 3.43. The van der Waals surface area contributed by atoms with Gasteiger partial charge in [0.05, 0.1) is 13.2 Å². The van der Waals surface area contributed by atoms with Gasteiger partial charge in [-0.05, 0) is 114 Å². The van der Waals surface area contributed by atoms with Crippen molar-refractivity contribution in [3.63, 3.8) is 0 Å². The summed E-state index contributed by atoms with van der Waals surface area (Å²) < 4.78 is 12.0. The van der Waals surface area contributed by atoms with Gasteiger partial charge in [0.25, 0.3) is 0 Å². The van der Waals surface area contributed by atoms with Crippen molar-refractivity contribution in [1.29, 1.82) is 0 Å². The first-order chi connectivity index (χ1) is 18.0. The van der Waals surface area contributed by atoms with Crippen molar-refractivity contribution in [2.45, 2.75) is 51.4 Å². The third-order valence-electron chi connectivity index (χ3n) is 7.10. The predicted molar refractivity (Wildman–Crippen MR) is 155 cm³/mol. The molecule has 3 rings (SSSR count). The molecule has 0 aromatic heterocycles. The van der Waals surface area contributed by atoms with Crippen LogP contribution in [0.4, 0.5) is 0 Å². The molecule has 2 aromatic carbocycles. The van der Waals surface area contributed by atoms with E-state index in [4.69, 9.17) is 9.47 Å². The summed E-state index contributed by atoms with van der Waals surface area (Å²) >= 11 is 0. The molecule has 1 saturated carbocycles. The van der Waals surface area contributed by atoms with Crippen LogP contribution in [0, 0.1) is 5.92 Å².